The zero-order valence-corrected chi connectivity index (χ0v) is 32.1. The third kappa shape index (κ3) is 6.83. The van der Waals surface area contributed by atoms with E-state index in [9.17, 15) is 28.8 Å². The molecule has 0 aromatic heterocycles. The summed E-state index contributed by atoms with van der Waals surface area (Å²) in [4.78, 5) is 85.5. The fourth-order valence-corrected chi connectivity index (χ4v) is 10.9. The van der Waals surface area contributed by atoms with E-state index in [1.54, 1.807) is 4.90 Å². The van der Waals surface area contributed by atoms with Crippen molar-refractivity contribution in [1.82, 2.24) is 31.1 Å². The van der Waals surface area contributed by atoms with E-state index >= 15 is 0 Å². The number of hydrogen-bond acceptors (Lipinski definition) is 7. The number of nitrogens with two attached hydrogens (primary N) is 1. The van der Waals surface area contributed by atoms with E-state index in [2.05, 4.69) is 35.1 Å². The van der Waals surface area contributed by atoms with Gasteiger partial charge in [-0.05, 0) is 66.6 Å². The van der Waals surface area contributed by atoms with Crippen molar-refractivity contribution in [1.29, 1.82) is 0 Å². The number of piperazine rings is 1. The van der Waals surface area contributed by atoms with Crippen LogP contribution in [-0.2, 0) is 24.0 Å². The van der Waals surface area contributed by atoms with E-state index in [1.165, 1.54) is 0 Å². The Morgan fingerprint density at radius 2 is 1.48 bits per heavy atom. The zero-order chi connectivity index (χ0) is 37.6. The highest BCUT2D eigenvalue weighted by atomic mass is 16.2. The Balaban J connectivity index is 1.24. The number of nitrogens with one attached hydrogen (secondary N) is 4. The van der Waals surface area contributed by atoms with Crippen LogP contribution in [0.1, 0.15) is 118 Å². The number of fused-ring (bicyclic) bond motifs is 1. The average Bonchev–Trinajstić information content (AvgIpc) is 3.28. The lowest BCUT2D eigenvalue weighted by Gasteiger charge is -2.38. The lowest BCUT2D eigenvalue weighted by molar-refractivity contribution is -0.143. The molecule has 13 heteroatoms. The van der Waals surface area contributed by atoms with Crippen LogP contribution in [0.15, 0.2) is 0 Å². The SMILES string of the molecule is CC(C)(C)[C@H](NC(=O)N[C@H](C(=O)N1CCNCC1)C1CCCCC1)C(=O)N1C[C@]2(C[C@H]1C(=O)NC(CC1CCC1)C(=O)C(N)=O)C(C)(C)C21CCC1. The van der Waals surface area contributed by atoms with Gasteiger partial charge < -0.3 is 36.8 Å². The lowest BCUT2D eigenvalue weighted by atomic mass is 9.73. The maximum Gasteiger partial charge on any atom is 0.316 e. The number of nitrogens with zero attached hydrogens (tertiary/aromatic N) is 2. The van der Waals surface area contributed by atoms with Gasteiger partial charge in [0, 0.05) is 38.1 Å². The van der Waals surface area contributed by atoms with Gasteiger partial charge in [-0.15, -0.1) is 0 Å². The summed E-state index contributed by atoms with van der Waals surface area (Å²) >= 11 is 0. The van der Waals surface area contributed by atoms with E-state index in [0.717, 1.165) is 70.6 Å². The fraction of sp³-hybridized carbons (Fsp3) is 0.846. The summed E-state index contributed by atoms with van der Waals surface area (Å²) in [6.07, 6.45) is 11.7. The summed E-state index contributed by atoms with van der Waals surface area (Å²) in [5.41, 5.74) is 4.34. The van der Waals surface area contributed by atoms with Gasteiger partial charge in [-0.2, -0.15) is 0 Å². The molecule has 6 N–H and O–H groups in total. The van der Waals surface area contributed by atoms with Crippen molar-refractivity contribution >= 4 is 35.4 Å². The molecule has 0 aromatic carbocycles. The normalized spacial score (nSPS) is 28.6. The topological polar surface area (TPSA) is 183 Å². The van der Waals surface area contributed by atoms with E-state index in [-0.39, 0.29) is 39.9 Å². The molecule has 0 radical (unpaired) electrons. The maximum absolute atomic E-state index is 14.9. The molecule has 6 rings (SSSR count). The van der Waals surface area contributed by atoms with Crippen LogP contribution in [-0.4, -0.2) is 102 Å². The van der Waals surface area contributed by atoms with Gasteiger partial charge in [0.1, 0.15) is 18.1 Å². The summed E-state index contributed by atoms with van der Waals surface area (Å²) in [7, 11) is 0. The first kappa shape index (κ1) is 38.5. The predicted octanol–water partition coefficient (Wildman–Crippen LogP) is 2.61. The number of hydrogen-bond donors (Lipinski definition) is 5. The highest BCUT2D eigenvalue weighted by Crippen LogP contribution is 2.88. The van der Waals surface area contributed by atoms with Crippen LogP contribution < -0.4 is 27.0 Å². The third-order valence-electron chi connectivity index (χ3n) is 14.6. The molecule has 6 amide bonds. The molecular formula is C39H63N7O6. The van der Waals surface area contributed by atoms with Crippen molar-refractivity contribution in [2.24, 2.45) is 39.2 Å². The molecule has 6 fully saturated rings. The maximum atomic E-state index is 14.9. The number of carbonyl (C=O) groups is 6. The molecule has 290 valence electrons. The number of rotatable bonds is 11. The highest BCUT2D eigenvalue weighted by molar-refractivity contribution is 6.37. The highest BCUT2D eigenvalue weighted by Gasteiger charge is 2.85. The number of carbonyl (C=O) groups excluding carboxylic acids is 6. The molecule has 6 aliphatic rings. The van der Waals surface area contributed by atoms with Crippen LogP contribution in [0, 0.1) is 33.5 Å². The van der Waals surface area contributed by atoms with Crippen LogP contribution in [0.25, 0.3) is 0 Å². The van der Waals surface area contributed by atoms with E-state index in [0.29, 0.717) is 45.6 Å². The molecule has 1 unspecified atom stereocenters. The molecule has 4 aliphatic carbocycles. The van der Waals surface area contributed by atoms with Gasteiger partial charge in [0.2, 0.25) is 23.5 Å². The zero-order valence-electron chi connectivity index (χ0n) is 32.1. The van der Waals surface area contributed by atoms with Crippen molar-refractivity contribution in [2.75, 3.05) is 32.7 Å². The molecule has 13 nitrogen and oxygen atoms in total. The number of Topliss-reactive ketones (excluding diaryl/α,β-unsaturated/α-hetero) is 1. The minimum absolute atomic E-state index is 0.0175. The van der Waals surface area contributed by atoms with E-state index < -0.39 is 53.2 Å². The Morgan fingerprint density at radius 1 is 0.827 bits per heavy atom. The quantitative estimate of drug-likeness (QED) is 0.203. The first-order valence-corrected chi connectivity index (χ1v) is 20.0. The number of ketones is 1. The molecule has 52 heavy (non-hydrogen) atoms. The number of amides is 6. The lowest BCUT2D eigenvalue weighted by Crippen LogP contribution is -2.62. The Bertz CT molecular complexity index is 1420. The van der Waals surface area contributed by atoms with Crippen molar-refractivity contribution in [2.45, 2.75) is 142 Å². The van der Waals surface area contributed by atoms with Crippen LogP contribution in [0.5, 0.6) is 0 Å². The minimum atomic E-state index is -1.08. The second-order valence-corrected chi connectivity index (χ2v) is 18.5. The van der Waals surface area contributed by atoms with Gasteiger partial charge in [-0.25, -0.2) is 4.79 Å². The first-order valence-electron chi connectivity index (χ1n) is 20.0. The Kier molecular flexibility index (Phi) is 10.8. The molecular weight excluding hydrogens is 662 g/mol. The van der Waals surface area contributed by atoms with E-state index in [1.807, 2.05) is 25.7 Å². The number of primary amides is 1. The second kappa shape index (κ2) is 14.5. The molecule has 2 saturated heterocycles. The monoisotopic (exact) mass is 725 g/mol. The fourth-order valence-electron chi connectivity index (χ4n) is 10.9. The van der Waals surface area contributed by atoms with Crippen LogP contribution in [0.3, 0.4) is 0 Å². The summed E-state index contributed by atoms with van der Waals surface area (Å²) in [5.74, 6) is -2.56. The predicted molar refractivity (Wildman–Crippen MR) is 195 cm³/mol. The van der Waals surface area contributed by atoms with Gasteiger partial charge in [0.25, 0.3) is 5.91 Å². The molecule has 0 aromatic rings. The van der Waals surface area contributed by atoms with Crippen molar-refractivity contribution in [3.8, 4) is 0 Å². The van der Waals surface area contributed by atoms with Gasteiger partial charge in [0.15, 0.2) is 0 Å². The standard InChI is InChI=1S/C39H63N7O6/c1-36(2,3)30(44-35(52)43-28(25-13-7-6-8-14-25)33(50)45-19-17-41-18-20-45)34(51)46-23-39(37(4,5)38(39)15-10-16-38)22-27(46)32(49)42-26(29(47)31(40)48)21-24-11-9-12-24/h24-28,30,41H,6-23H2,1-5H3,(H2,40,48)(H,42,49)(H2,43,44,52)/t26?,27-,28-,30+,39+/m0/s1. The average molecular weight is 726 g/mol. The summed E-state index contributed by atoms with van der Waals surface area (Å²) in [5, 5.41) is 12.2. The number of likely N-dealkylation sites (tertiary alicyclic amines) is 1. The Labute approximate surface area is 309 Å². The Morgan fingerprint density at radius 3 is 2.00 bits per heavy atom. The van der Waals surface area contributed by atoms with Gasteiger partial charge in [-0.3, -0.25) is 24.0 Å². The van der Waals surface area contributed by atoms with Crippen molar-refractivity contribution in [3.05, 3.63) is 0 Å². The van der Waals surface area contributed by atoms with Gasteiger partial charge in [0.05, 0.1) is 6.04 Å². The third-order valence-corrected chi connectivity index (χ3v) is 14.6. The molecule has 4 saturated carbocycles. The largest absolute Gasteiger partial charge is 0.363 e. The molecule has 2 spiro atoms. The summed E-state index contributed by atoms with van der Waals surface area (Å²) in [6, 6.07) is -4.19. The summed E-state index contributed by atoms with van der Waals surface area (Å²) < 4.78 is 0. The molecule has 2 heterocycles. The molecule has 5 atom stereocenters. The van der Waals surface area contributed by atoms with Crippen molar-refractivity contribution < 1.29 is 28.8 Å². The smallest absolute Gasteiger partial charge is 0.316 e. The van der Waals surface area contributed by atoms with E-state index in [4.69, 9.17) is 5.73 Å². The van der Waals surface area contributed by atoms with Gasteiger partial charge >= 0.3 is 6.03 Å². The molecule has 0 bridgehead atoms. The first-order chi connectivity index (χ1) is 24.5. The van der Waals surface area contributed by atoms with Crippen LogP contribution in [0.4, 0.5) is 4.79 Å². The molecule has 2 aliphatic heterocycles. The van der Waals surface area contributed by atoms with Crippen LogP contribution in [0.2, 0.25) is 0 Å². The van der Waals surface area contributed by atoms with Crippen molar-refractivity contribution in [3.63, 3.8) is 0 Å². The minimum Gasteiger partial charge on any atom is -0.363 e. The Hall–Kier alpha value is -3.22. The number of urea groups is 1. The van der Waals surface area contributed by atoms with Crippen LogP contribution >= 0.6 is 0 Å². The summed E-state index contributed by atoms with van der Waals surface area (Å²) in [6.45, 7) is 13.1. The second-order valence-electron chi connectivity index (χ2n) is 18.5. The van der Waals surface area contributed by atoms with Gasteiger partial charge in [-0.1, -0.05) is 79.6 Å².